The highest BCUT2D eigenvalue weighted by molar-refractivity contribution is 5.92. The fourth-order valence-corrected chi connectivity index (χ4v) is 2.41. The van der Waals surface area contributed by atoms with E-state index in [0.29, 0.717) is 11.5 Å². The molecule has 0 bridgehead atoms. The molecule has 1 aromatic carbocycles. The minimum absolute atomic E-state index is 0.331. The highest BCUT2D eigenvalue weighted by Gasteiger charge is 2.33. The fraction of sp³-hybridized carbons (Fsp3) is 0.214. The number of benzene rings is 1. The SMILES string of the molecule is COC(=O)C1=C(C)Nc2ncnn2[C@H]1c1ccccc1. The average molecular weight is 270 g/mol. The zero-order chi connectivity index (χ0) is 14.1. The molecule has 0 aliphatic carbocycles. The Balaban J connectivity index is 2.19. The zero-order valence-electron chi connectivity index (χ0n) is 11.2. The van der Waals surface area contributed by atoms with E-state index < -0.39 is 0 Å². The predicted molar refractivity (Wildman–Crippen MR) is 72.9 cm³/mol. The van der Waals surface area contributed by atoms with Crippen LogP contribution in [0.15, 0.2) is 47.9 Å². The average Bonchev–Trinajstić information content (AvgIpc) is 2.93. The van der Waals surface area contributed by atoms with Gasteiger partial charge in [-0.25, -0.2) is 9.48 Å². The molecular formula is C14H14N4O2. The Labute approximate surface area is 116 Å². The largest absolute Gasteiger partial charge is 0.466 e. The van der Waals surface area contributed by atoms with Crippen LogP contribution in [0.3, 0.4) is 0 Å². The second-order valence-corrected chi connectivity index (χ2v) is 4.50. The summed E-state index contributed by atoms with van der Waals surface area (Å²) >= 11 is 0. The van der Waals surface area contributed by atoms with Gasteiger partial charge >= 0.3 is 5.97 Å². The van der Waals surface area contributed by atoms with Crippen LogP contribution >= 0.6 is 0 Å². The Hall–Kier alpha value is -2.63. The normalized spacial score (nSPS) is 17.4. The monoisotopic (exact) mass is 270 g/mol. The molecule has 1 aliphatic heterocycles. The molecule has 1 atom stereocenters. The highest BCUT2D eigenvalue weighted by atomic mass is 16.5. The molecule has 3 rings (SSSR count). The van der Waals surface area contributed by atoms with E-state index in [-0.39, 0.29) is 12.0 Å². The standard InChI is InChI=1S/C14H14N4O2/c1-9-11(13(19)20-2)12(10-6-4-3-5-7-10)18-14(17-9)15-8-16-18/h3-8,12H,1-2H3,(H,15,16,17)/t12-/m0/s1. The van der Waals surface area contributed by atoms with Gasteiger partial charge in [0, 0.05) is 5.70 Å². The maximum Gasteiger partial charge on any atom is 0.338 e. The Morgan fingerprint density at radius 1 is 1.35 bits per heavy atom. The number of carbonyl (C=O) groups excluding carboxylic acids is 1. The number of aromatic nitrogens is 3. The first-order valence-electron chi connectivity index (χ1n) is 6.23. The molecule has 0 radical (unpaired) electrons. The van der Waals surface area contributed by atoms with Crippen LogP contribution in [0.25, 0.3) is 0 Å². The minimum atomic E-state index is -0.370. The van der Waals surface area contributed by atoms with E-state index in [1.807, 2.05) is 37.3 Å². The number of carbonyl (C=O) groups is 1. The summed E-state index contributed by atoms with van der Waals surface area (Å²) in [7, 11) is 1.38. The van der Waals surface area contributed by atoms with E-state index in [1.165, 1.54) is 13.4 Å². The molecule has 20 heavy (non-hydrogen) atoms. The van der Waals surface area contributed by atoms with Crippen molar-refractivity contribution in [3.8, 4) is 0 Å². The van der Waals surface area contributed by atoms with Crippen molar-refractivity contribution < 1.29 is 9.53 Å². The van der Waals surface area contributed by atoms with Gasteiger partial charge in [0.05, 0.1) is 12.7 Å². The zero-order valence-corrected chi connectivity index (χ0v) is 11.2. The summed E-state index contributed by atoms with van der Waals surface area (Å²) in [5, 5.41) is 7.29. The Kier molecular flexibility index (Phi) is 2.98. The van der Waals surface area contributed by atoms with Gasteiger partial charge in [0.15, 0.2) is 0 Å². The molecule has 1 aliphatic rings. The van der Waals surface area contributed by atoms with Crippen molar-refractivity contribution in [2.24, 2.45) is 0 Å². The number of ether oxygens (including phenoxy) is 1. The Bertz CT molecular complexity index is 675. The van der Waals surface area contributed by atoms with Gasteiger partial charge in [0.25, 0.3) is 0 Å². The molecule has 0 amide bonds. The molecule has 6 heteroatoms. The molecule has 0 fully saturated rings. The number of hydrogen-bond acceptors (Lipinski definition) is 5. The number of esters is 1. The lowest BCUT2D eigenvalue weighted by Crippen LogP contribution is -2.29. The van der Waals surface area contributed by atoms with E-state index in [2.05, 4.69) is 15.4 Å². The van der Waals surface area contributed by atoms with Gasteiger partial charge < -0.3 is 10.1 Å². The summed E-state index contributed by atoms with van der Waals surface area (Å²) in [4.78, 5) is 16.3. The third kappa shape index (κ3) is 1.85. The summed E-state index contributed by atoms with van der Waals surface area (Å²) in [5.74, 6) is 0.244. The summed E-state index contributed by atoms with van der Waals surface area (Å²) in [6.45, 7) is 1.83. The molecule has 0 unspecified atom stereocenters. The molecule has 1 N–H and O–H groups in total. The smallest absolute Gasteiger partial charge is 0.338 e. The first-order valence-corrected chi connectivity index (χ1v) is 6.23. The first kappa shape index (κ1) is 12.4. The van der Waals surface area contributed by atoms with Crippen LogP contribution in [-0.4, -0.2) is 27.8 Å². The van der Waals surface area contributed by atoms with Crippen LogP contribution in [0.5, 0.6) is 0 Å². The maximum absolute atomic E-state index is 12.1. The predicted octanol–water partition coefficient (Wildman–Crippen LogP) is 1.74. The van der Waals surface area contributed by atoms with Crippen LogP contribution in [0.1, 0.15) is 18.5 Å². The van der Waals surface area contributed by atoms with Crippen molar-refractivity contribution in [3.05, 3.63) is 53.5 Å². The van der Waals surface area contributed by atoms with E-state index in [9.17, 15) is 4.79 Å². The highest BCUT2D eigenvalue weighted by Crippen LogP contribution is 2.34. The van der Waals surface area contributed by atoms with Gasteiger partial charge in [0.2, 0.25) is 5.95 Å². The molecular weight excluding hydrogens is 256 g/mol. The van der Waals surface area contributed by atoms with Crippen molar-refractivity contribution in [1.29, 1.82) is 0 Å². The Morgan fingerprint density at radius 2 is 2.10 bits per heavy atom. The molecule has 2 aromatic rings. The van der Waals surface area contributed by atoms with Crippen LogP contribution < -0.4 is 5.32 Å². The topological polar surface area (TPSA) is 69.0 Å². The van der Waals surface area contributed by atoms with Crippen LogP contribution in [0, 0.1) is 0 Å². The van der Waals surface area contributed by atoms with Crippen molar-refractivity contribution in [1.82, 2.24) is 14.8 Å². The van der Waals surface area contributed by atoms with Gasteiger partial charge in [0.1, 0.15) is 12.4 Å². The molecule has 2 heterocycles. The van der Waals surface area contributed by atoms with Crippen LogP contribution in [-0.2, 0) is 9.53 Å². The molecule has 0 saturated heterocycles. The van der Waals surface area contributed by atoms with Gasteiger partial charge in [-0.05, 0) is 12.5 Å². The van der Waals surface area contributed by atoms with Gasteiger partial charge in [-0.2, -0.15) is 10.1 Å². The second-order valence-electron chi connectivity index (χ2n) is 4.50. The van der Waals surface area contributed by atoms with Gasteiger partial charge in [-0.3, -0.25) is 0 Å². The van der Waals surface area contributed by atoms with E-state index in [1.54, 1.807) is 4.68 Å². The van der Waals surface area contributed by atoms with E-state index >= 15 is 0 Å². The third-order valence-corrected chi connectivity index (χ3v) is 3.32. The number of rotatable bonds is 2. The quantitative estimate of drug-likeness (QED) is 0.842. The third-order valence-electron chi connectivity index (χ3n) is 3.32. The number of nitrogens with one attached hydrogen (secondary N) is 1. The number of methoxy groups -OCH3 is 1. The molecule has 6 nitrogen and oxygen atoms in total. The summed E-state index contributed by atoms with van der Waals surface area (Å²) < 4.78 is 6.59. The number of allylic oxidation sites excluding steroid dienone is 1. The first-order chi connectivity index (χ1) is 9.72. The van der Waals surface area contributed by atoms with E-state index in [0.717, 1.165) is 11.3 Å². The fourth-order valence-electron chi connectivity index (χ4n) is 2.41. The van der Waals surface area contributed by atoms with Crippen molar-refractivity contribution in [3.63, 3.8) is 0 Å². The van der Waals surface area contributed by atoms with Crippen molar-refractivity contribution in [2.75, 3.05) is 12.4 Å². The molecule has 1 aromatic heterocycles. The maximum atomic E-state index is 12.1. The van der Waals surface area contributed by atoms with Crippen LogP contribution in [0.4, 0.5) is 5.95 Å². The molecule has 0 saturated carbocycles. The number of nitrogens with zero attached hydrogens (tertiary/aromatic N) is 3. The number of hydrogen-bond donors (Lipinski definition) is 1. The lowest BCUT2D eigenvalue weighted by molar-refractivity contribution is -0.136. The summed E-state index contributed by atoms with van der Waals surface area (Å²) in [6.07, 6.45) is 1.46. The van der Waals surface area contributed by atoms with E-state index in [4.69, 9.17) is 4.74 Å². The lowest BCUT2D eigenvalue weighted by Gasteiger charge is -2.27. The summed E-state index contributed by atoms with van der Waals surface area (Å²) in [5.41, 5.74) is 2.23. The second kappa shape index (κ2) is 4.80. The van der Waals surface area contributed by atoms with Crippen LogP contribution in [0.2, 0.25) is 0 Å². The molecule has 102 valence electrons. The number of fused-ring (bicyclic) bond motifs is 1. The minimum Gasteiger partial charge on any atom is -0.466 e. The van der Waals surface area contributed by atoms with Crippen molar-refractivity contribution in [2.45, 2.75) is 13.0 Å². The summed E-state index contributed by atoms with van der Waals surface area (Å²) in [6, 6.07) is 9.37. The Morgan fingerprint density at radius 3 is 2.80 bits per heavy atom. The van der Waals surface area contributed by atoms with Gasteiger partial charge in [-0.1, -0.05) is 30.3 Å². The lowest BCUT2D eigenvalue weighted by atomic mass is 9.96. The number of anilines is 1. The molecule has 0 spiro atoms. The van der Waals surface area contributed by atoms with Gasteiger partial charge in [-0.15, -0.1) is 0 Å². The van der Waals surface area contributed by atoms with Crippen molar-refractivity contribution >= 4 is 11.9 Å².